The first-order chi connectivity index (χ1) is 11.2. The van der Waals surface area contributed by atoms with Crippen molar-refractivity contribution < 1.29 is 19.1 Å². The largest absolute Gasteiger partial charge is 0.422 e. The molecule has 3 amide bonds. The molecule has 1 N–H and O–H groups in total. The van der Waals surface area contributed by atoms with Crippen LogP contribution in [-0.4, -0.2) is 34.9 Å². The molecule has 9 heteroatoms. The number of esters is 1. The molecule has 1 heterocycles. The molecule has 0 spiro atoms. The van der Waals surface area contributed by atoms with Crippen molar-refractivity contribution in [3.05, 3.63) is 27.2 Å². The molecule has 1 saturated heterocycles. The second-order valence-electron chi connectivity index (χ2n) is 5.97. The third-order valence-corrected chi connectivity index (χ3v) is 4.94. The van der Waals surface area contributed by atoms with Crippen molar-refractivity contribution in [1.29, 1.82) is 0 Å². The van der Waals surface area contributed by atoms with E-state index in [1.165, 1.54) is 12.1 Å². The van der Waals surface area contributed by atoms with Crippen LogP contribution in [0, 0.1) is 5.92 Å². The molecular weight excluding hydrogens is 379 g/mol. The summed E-state index contributed by atoms with van der Waals surface area (Å²) in [4.78, 5) is 37.4. The van der Waals surface area contributed by atoms with Crippen LogP contribution in [-0.2, 0) is 9.59 Å². The van der Waals surface area contributed by atoms with Gasteiger partial charge in [-0.25, -0.2) is 9.59 Å². The van der Waals surface area contributed by atoms with Crippen molar-refractivity contribution in [1.82, 2.24) is 10.2 Å². The number of carbonyl (C=O) groups is 3. The zero-order chi connectivity index (χ0) is 17.6. The predicted molar refractivity (Wildman–Crippen MR) is 88.5 cm³/mol. The Balaban J connectivity index is 1.72. The van der Waals surface area contributed by atoms with Gasteiger partial charge >= 0.3 is 12.0 Å². The molecule has 6 nitrogen and oxygen atoms in total. The molecule has 1 unspecified atom stereocenters. The Morgan fingerprint density at radius 2 is 1.88 bits per heavy atom. The Kier molecular flexibility index (Phi) is 4.40. The number of nitrogens with zero attached hydrogens (tertiary/aromatic N) is 1. The maximum absolute atomic E-state index is 12.5. The van der Waals surface area contributed by atoms with Crippen LogP contribution >= 0.6 is 34.8 Å². The van der Waals surface area contributed by atoms with Crippen molar-refractivity contribution >= 4 is 52.7 Å². The third kappa shape index (κ3) is 3.06. The van der Waals surface area contributed by atoms with Crippen LogP contribution in [0.15, 0.2) is 12.1 Å². The monoisotopic (exact) mass is 390 g/mol. The molecule has 0 radical (unpaired) electrons. The van der Waals surface area contributed by atoms with E-state index in [-0.39, 0.29) is 21.7 Å². The minimum Gasteiger partial charge on any atom is -0.422 e. The maximum Gasteiger partial charge on any atom is 0.331 e. The van der Waals surface area contributed by atoms with Gasteiger partial charge in [0.2, 0.25) is 0 Å². The van der Waals surface area contributed by atoms with Crippen molar-refractivity contribution in [3.63, 3.8) is 0 Å². The molecule has 3 rings (SSSR count). The van der Waals surface area contributed by atoms with Gasteiger partial charge in [0.05, 0.1) is 10.0 Å². The lowest BCUT2D eigenvalue weighted by Gasteiger charge is -2.20. The van der Waals surface area contributed by atoms with Crippen LogP contribution < -0.4 is 10.1 Å². The molecule has 2 fully saturated rings. The number of carbonyl (C=O) groups excluding carboxylic acids is 3. The number of ether oxygens (including phenoxy) is 1. The van der Waals surface area contributed by atoms with Gasteiger partial charge in [-0.2, -0.15) is 0 Å². The first kappa shape index (κ1) is 17.3. The van der Waals surface area contributed by atoms with E-state index in [9.17, 15) is 14.4 Å². The highest BCUT2D eigenvalue weighted by Crippen LogP contribution is 2.42. The first-order valence-corrected chi connectivity index (χ1v) is 8.35. The normalized spacial score (nSPS) is 23.4. The topological polar surface area (TPSA) is 75.7 Å². The molecule has 0 bridgehead atoms. The Labute approximate surface area is 153 Å². The van der Waals surface area contributed by atoms with Gasteiger partial charge in [0.15, 0.2) is 5.75 Å². The average Bonchev–Trinajstić information content (AvgIpc) is 3.29. The van der Waals surface area contributed by atoms with Crippen LogP contribution in [0.1, 0.15) is 19.8 Å². The van der Waals surface area contributed by atoms with Crippen LogP contribution in [0.3, 0.4) is 0 Å². The number of benzene rings is 1. The number of urea groups is 1. The summed E-state index contributed by atoms with van der Waals surface area (Å²) in [5.74, 6) is -1.22. The van der Waals surface area contributed by atoms with Crippen LogP contribution in [0.5, 0.6) is 5.75 Å². The smallest absolute Gasteiger partial charge is 0.331 e. The molecule has 1 aromatic rings. The summed E-state index contributed by atoms with van der Waals surface area (Å²) in [6.45, 7) is 1.14. The fourth-order valence-electron chi connectivity index (χ4n) is 2.70. The molecule has 2 aliphatic rings. The van der Waals surface area contributed by atoms with Gasteiger partial charge in [0.1, 0.15) is 12.1 Å². The molecular formula is C15H13Cl3N2O4. The van der Waals surface area contributed by atoms with Gasteiger partial charge in [-0.1, -0.05) is 34.8 Å². The Morgan fingerprint density at radius 1 is 1.29 bits per heavy atom. The highest BCUT2D eigenvalue weighted by atomic mass is 35.5. The quantitative estimate of drug-likeness (QED) is 0.485. The minimum absolute atomic E-state index is 0.0564. The van der Waals surface area contributed by atoms with E-state index >= 15 is 0 Å². The predicted octanol–water partition coefficient (Wildman–Crippen LogP) is 3.27. The van der Waals surface area contributed by atoms with E-state index in [4.69, 9.17) is 39.5 Å². The summed E-state index contributed by atoms with van der Waals surface area (Å²) >= 11 is 17.7. The fourth-order valence-corrected chi connectivity index (χ4v) is 3.59. The van der Waals surface area contributed by atoms with Crippen LogP contribution in [0.25, 0.3) is 0 Å². The van der Waals surface area contributed by atoms with E-state index in [0.29, 0.717) is 5.02 Å². The minimum atomic E-state index is -0.951. The zero-order valence-electron chi connectivity index (χ0n) is 12.6. The second kappa shape index (κ2) is 6.10. The van der Waals surface area contributed by atoms with E-state index in [2.05, 4.69) is 5.32 Å². The maximum atomic E-state index is 12.5. The van der Waals surface area contributed by atoms with Gasteiger partial charge in [0, 0.05) is 5.02 Å². The molecule has 1 saturated carbocycles. The summed E-state index contributed by atoms with van der Waals surface area (Å²) in [5.41, 5.74) is -0.951. The lowest BCUT2D eigenvalue weighted by molar-refractivity contribution is -0.141. The fraction of sp³-hybridized carbons (Fsp3) is 0.400. The summed E-state index contributed by atoms with van der Waals surface area (Å²) in [6.07, 6.45) is 1.74. The molecule has 1 aromatic carbocycles. The number of hydrogen-bond donors (Lipinski definition) is 1. The Hall–Kier alpha value is -1.50. The lowest BCUT2D eigenvalue weighted by atomic mass is 9.96. The number of rotatable bonds is 4. The number of nitrogens with one attached hydrogen (secondary N) is 1. The van der Waals surface area contributed by atoms with E-state index in [1.54, 1.807) is 6.92 Å². The van der Waals surface area contributed by atoms with Gasteiger partial charge in [-0.05, 0) is 37.8 Å². The summed E-state index contributed by atoms with van der Waals surface area (Å²) in [6, 6.07) is 2.13. The van der Waals surface area contributed by atoms with Gasteiger partial charge in [-0.3, -0.25) is 9.69 Å². The molecule has 24 heavy (non-hydrogen) atoms. The van der Waals surface area contributed by atoms with Crippen LogP contribution in [0.2, 0.25) is 15.1 Å². The SMILES string of the molecule is CC1(C2CC2)NC(=O)N(CC(=O)Oc2c(Cl)cc(Cl)cc2Cl)C1=O. The van der Waals surface area contributed by atoms with Crippen molar-refractivity contribution in [3.8, 4) is 5.75 Å². The van der Waals surface area contributed by atoms with Crippen molar-refractivity contribution in [2.24, 2.45) is 5.92 Å². The number of hydrogen-bond acceptors (Lipinski definition) is 4. The number of amides is 3. The standard InChI is InChI=1S/C15H13Cl3N2O4/c1-15(7-2-3-7)13(22)20(14(23)19-15)6-11(21)24-12-9(17)4-8(16)5-10(12)18/h4-5,7H,2-3,6H2,1H3,(H,19,23). The average molecular weight is 392 g/mol. The van der Waals surface area contributed by atoms with Gasteiger partial charge in [-0.15, -0.1) is 0 Å². The first-order valence-electron chi connectivity index (χ1n) is 7.21. The Bertz CT molecular complexity index is 727. The lowest BCUT2D eigenvalue weighted by Crippen LogP contribution is -2.46. The highest BCUT2D eigenvalue weighted by Gasteiger charge is 2.56. The van der Waals surface area contributed by atoms with E-state index in [0.717, 1.165) is 17.7 Å². The molecule has 0 aromatic heterocycles. The number of imide groups is 1. The molecule has 1 atom stereocenters. The van der Waals surface area contributed by atoms with Crippen molar-refractivity contribution in [2.75, 3.05) is 6.54 Å². The van der Waals surface area contributed by atoms with Gasteiger partial charge < -0.3 is 10.1 Å². The third-order valence-electron chi connectivity index (χ3n) is 4.16. The van der Waals surface area contributed by atoms with Crippen molar-refractivity contribution in [2.45, 2.75) is 25.3 Å². The summed E-state index contributed by atoms with van der Waals surface area (Å²) in [5, 5.41) is 3.06. The Morgan fingerprint density at radius 3 is 2.42 bits per heavy atom. The second-order valence-corrected chi connectivity index (χ2v) is 7.22. The highest BCUT2D eigenvalue weighted by molar-refractivity contribution is 6.40. The van der Waals surface area contributed by atoms with E-state index < -0.39 is 30.0 Å². The number of halogens is 3. The van der Waals surface area contributed by atoms with Gasteiger partial charge in [0.25, 0.3) is 5.91 Å². The van der Waals surface area contributed by atoms with Crippen LogP contribution in [0.4, 0.5) is 4.79 Å². The van der Waals surface area contributed by atoms with E-state index in [1.807, 2.05) is 0 Å². The zero-order valence-corrected chi connectivity index (χ0v) is 14.8. The summed E-state index contributed by atoms with van der Waals surface area (Å²) < 4.78 is 5.10. The molecule has 1 aliphatic heterocycles. The molecule has 128 valence electrons. The summed E-state index contributed by atoms with van der Waals surface area (Å²) in [7, 11) is 0. The molecule has 1 aliphatic carbocycles.